The van der Waals surface area contributed by atoms with Crippen molar-refractivity contribution in [3.63, 3.8) is 0 Å². The van der Waals surface area contributed by atoms with E-state index in [9.17, 15) is 8.42 Å². The highest BCUT2D eigenvalue weighted by atomic mass is 32.2. The number of nitrogens with one attached hydrogen (secondary N) is 1. The normalized spacial score (nSPS) is 11.3. The van der Waals surface area contributed by atoms with E-state index in [-0.39, 0.29) is 10.7 Å². The highest BCUT2D eigenvalue weighted by Crippen LogP contribution is 2.30. The van der Waals surface area contributed by atoms with E-state index in [4.69, 9.17) is 4.74 Å². The summed E-state index contributed by atoms with van der Waals surface area (Å²) >= 11 is 0. The van der Waals surface area contributed by atoms with Crippen LogP contribution in [0.2, 0.25) is 0 Å². The molecule has 0 aliphatic heterocycles. The summed E-state index contributed by atoms with van der Waals surface area (Å²) in [5.41, 5.74) is 0.945. The zero-order valence-corrected chi connectivity index (χ0v) is 15.6. The van der Waals surface area contributed by atoms with Crippen LogP contribution < -0.4 is 14.4 Å². The average Bonchev–Trinajstić information content (AvgIpc) is 2.62. The Morgan fingerprint density at radius 1 is 1.00 bits per heavy atom. The Morgan fingerprint density at radius 3 is 2.38 bits per heavy atom. The van der Waals surface area contributed by atoms with Crippen molar-refractivity contribution in [1.29, 1.82) is 0 Å². The van der Waals surface area contributed by atoms with Gasteiger partial charge in [-0.25, -0.2) is 8.42 Å². The first kappa shape index (κ1) is 17.9. The maximum Gasteiger partial charge on any atom is 0.263 e. The number of hydrogen-bond donors (Lipinski definition) is 1. The van der Waals surface area contributed by atoms with Gasteiger partial charge in [-0.05, 0) is 25.1 Å². The van der Waals surface area contributed by atoms with Gasteiger partial charge in [-0.15, -0.1) is 10.2 Å². The van der Waals surface area contributed by atoms with Gasteiger partial charge in [0.15, 0.2) is 5.82 Å². The molecule has 0 atom stereocenters. The van der Waals surface area contributed by atoms with Crippen LogP contribution in [0.3, 0.4) is 0 Å². The molecule has 0 unspecified atom stereocenters. The summed E-state index contributed by atoms with van der Waals surface area (Å²) in [6, 6.07) is 13.9. The smallest absolute Gasteiger partial charge is 0.263 e. The summed E-state index contributed by atoms with van der Waals surface area (Å²) in [5, 5.41) is 9.20. The maximum atomic E-state index is 12.9. The third-order valence-electron chi connectivity index (χ3n) is 3.80. The number of sulfonamides is 1. The summed E-state index contributed by atoms with van der Waals surface area (Å²) in [5.74, 6) is 0.477. The SMILES string of the molecule is CCOc1ccc(NS(=O)(=O)c2cccc3c(N(C)C)cccc23)nn1. The van der Waals surface area contributed by atoms with Crippen molar-refractivity contribution in [2.24, 2.45) is 0 Å². The molecule has 0 radical (unpaired) electrons. The molecular weight excluding hydrogens is 352 g/mol. The van der Waals surface area contributed by atoms with Crippen molar-refractivity contribution in [2.45, 2.75) is 11.8 Å². The van der Waals surface area contributed by atoms with E-state index in [0.717, 1.165) is 11.1 Å². The second kappa shape index (κ2) is 7.17. The van der Waals surface area contributed by atoms with Gasteiger partial charge in [0.25, 0.3) is 10.0 Å². The molecule has 2 aromatic carbocycles. The molecule has 0 fully saturated rings. The van der Waals surface area contributed by atoms with Gasteiger partial charge in [-0.3, -0.25) is 4.72 Å². The molecule has 0 aliphatic rings. The molecule has 8 heteroatoms. The third kappa shape index (κ3) is 3.55. The molecule has 0 bridgehead atoms. The predicted molar refractivity (Wildman–Crippen MR) is 102 cm³/mol. The van der Waals surface area contributed by atoms with Crippen molar-refractivity contribution in [1.82, 2.24) is 10.2 Å². The van der Waals surface area contributed by atoms with E-state index >= 15 is 0 Å². The molecule has 3 rings (SSSR count). The lowest BCUT2D eigenvalue weighted by Gasteiger charge is -2.17. The maximum absolute atomic E-state index is 12.9. The zero-order chi connectivity index (χ0) is 18.7. The van der Waals surface area contributed by atoms with Gasteiger partial charge in [0, 0.05) is 36.6 Å². The lowest BCUT2D eigenvalue weighted by atomic mass is 10.1. The number of rotatable bonds is 6. The van der Waals surface area contributed by atoms with Gasteiger partial charge < -0.3 is 9.64 Å². The van der Waals surface area contributed by atoms with Gasteiger partial charge in [0.1, 0.15) is 0 Å². The molecule has 3 aromatic rings. The zero-order valence-electron chi connectivity index (χ0n) is 14.8. The number of benzene rings is 2. The molecule has 1 N–H and O–H groups in total. The molecule has 7 nitrogen and oxygen atoms in total. The number of fused-ring (bicyclic) bond motifs is 1. The van der Waals surface area contributed by atoms with Gasteiger partial charge in [0.05, 0.1) is 11.5 Å². The van der Waals surface area contributed by atoms with E-state index < -0.39 is 10.0 Å². The molecule has 136 valence electrons. The predicted octanol–water partition coefficient (Wildman–Crippen LogP) is 2.90. The topological polar surface area (TPSA) is 84.4 Å². The van der Waals surface area contributed by atoms with Crippen LogP contribution in [0.25, 0.3) is 10.8 Å². The Labute approximate surface area is 152 Å². The van der Waals surface area contributed by atoms with E-state index in [0.29, 0.717) is 17.9 Å². The van der Waals surface area contributed by atoms with Crippen LogP contribution in [-0.2, 0) is 10.0 Å². The number of nitrogens with zero attached hydrogens (tertiary/aromatic N) is 3. The van der Waals surface area contributed by atoms with Crippen LogP contribution in [-0.4, -0.2) is 39.3 Å². The van der Waals surface area contributed by atoms with Crippen LogP contribution in [0.1, 0.15) is 6.92 Å². The number of aromatic nitrogens is 2. The second-order valence-electron chi connectivity index (χ2n) is 5.82. The summed E-state index contributed by atoms with van der Waals surface area (Å²) in [7, 11) is 0.0213. The van der Waals surface area contributed by atoms with Crippen molar-refractivity contribution in [2.75, 3.05) is 30.3 Å². The van der Waals surface area contributed by atoms with Crippen molar-refractivity contribution >= 4 is 32.3 Å². The number of anilines is 2. The number of ether oxygens (including phenoxy) is 1. The highest BCUT2D eigenvalue weighted by molar-refractivity contribution is 7.93. The Morgan fingerprint density at radius 2 is 1.73 bits per heavy atom. The molecule has 0 amide bonds. The lowest BCUT2D eigenvalue weighted by molar-refractivity contribution is 0.323. The van der Waals surface area contributed by atoms with Crippen LogP contribution in [0.4, 0.5) is 11.5 Å². The minimum atomic E-state index is -3.82. The fraction of sp³-hybridized carbons (Fsp3) is 0.222. The quantitative estimate of drug-likeness (QED) is 0.716. The van der Waals surface area contributed by atoms with E-state index in [1.165, 1.54) is 6.07 Å². The van der Waals surface area contributed by atoms with Crippen molar-refractivity contribution in [3.05, 3.63) is 48.5 Å². The van der Waals surface area contributed by atoms with Gasteiger partial charge in [0.2, 0.25) is 5.88 Å². The first-order valence-electron chi connectivity index (χ1n) is 8.11. The third-order valence-corrected chi connectivity index (χ3v) is 5.21. The standard InChI is InChI=1S/C18H20N4O3S/c1-4-25-18-12-11-17(19-20-18)21-26(23,24)16-10-6-7-13-14(16)8-5-9-15(13)22(2)3/h5-12H,4H2,1-3H3,(H,19,21). The molecule has 1 heterocycles. The monoisotopic (exact) mass is 372 g/mol. The average molecular weight is 372 g/mol. The molecule has 26 heavy (non-hydrogen) atoms. The van der Waals surface area contributed by atoms with Crippen LogP contribution in [0.15, 0.2) is 53.4 Å². The van der Waals surface area contributed by atoms with Gasteiger partial charge >= 0.3 is 0 Å². The van der Waals surface area contributed by atoms with E-state index in [2.05, 4.69) is 14.9 Å². The molecule has 0 spiro atoms. The van der Waals surface area contributed by atoms with Gasteiger partial charge in [-0.2, -0.15) is 0 Å². The summed E-state index contributed by atoms with van der Waals surface area (Å²) < 4.78 is 33.5. The number of hydrogen-bond acceptors (Lipinski definition) is 6. The highest BCUT2D eigenvalue weighted by Gasteiger charge is 2.19. The van der Waals surface area contributed by atoms with Gasteiger partial charge in [-0.1, -0.05) is 24.3 Å². The first-order chi connectivity index (χ1) is 12.4. The fourth-order valence-corrected chi connectivity index (χ4v) is 3.90. The molecule has 1 aromatic heterocycles. The van der Waals surface area contributed by atoms with Crippen molar-refractivity contribution in [3.8, 4) is 5.88 Å². The largest absolute Gasteiger partial charge is 0.477 e. The van der Waals surface area contributed by atoms with Crippen LogP contribution >= 0.6 is 0 Å². The molecule has 0 saturated carbocycles. The van der Waals surface area contributed by atoms with E-state index in [1.807, 2.05) is 44.1 Å². The second-order valence-corrected chi connectivity index (χ2v) is 7.47. The molecule has 0 aliphatic carbocycles. The fourth-order valence-electron chi connectivity index (χ4n) is 2.68. The lowest BCUT2D eigenvalue weighted by Crippen LogP contribution is -2.15. The van der Waals surface area contributed by atoms with Crippen LogP contribution in [0.5, 0.6) is 5.88 Å². The van der Waals surface area contributed by atoms with E-state index in [1.54, 1.807) is 24.3 Å². The summed E-state index contributed by atoms with van der Waals surface area (Å²) in [4.78, 5) is 2.14. The minimum Gasteiger partial charge on any atom is -0.477 e. The summed E-state index contributed by atoms with van der Waals surface area (Å²) in [6.45, 7) is 2.30. The van der Waals surface area contributed by atoms with Crippen molar-refractivity contribution < 1.29 is 13.2 Å². The molecule has 0 saturated heterocycles. The Bertz CT molecular complexity index is 1020. The first-order valence-corrected chi connectivity index (χ1v) is 9.59. The van der Waals surface area contributed by atoms with Crippen LogP contribution in [0, 0.1) is 0 Å². The summed E-state index contributed by atoms with van der Waals surface area (Å²) in [6.07, 6.45) is 0. The Balaban J connectivity index is 2.00. The Kier molecular flexibility index (Phi) is 4.94. The molecular formula is C18H20N4O3S. The minimum absolute atomic E-state index is 0.134. The Hall–Kier alpha value is -2.87.